The molecule has 0 radical (unpaired) electrons. The zero-order valence-corrected chi connectivity index (χ0v) is 14.4. The van der Waals surface area contributed by atoms with E-state index in [1.165, 1.54) is 0 Å². The average molecular weight is 303 g/mol. The molecule has 1 saturated carbocycles. The normalized spacial score (nSPS) is 16.5. The molecule has 0 unspecified atom stereocenters. The predicted octanol–water partition coefficient (Wildman–Crippen LogP) is 5.00. The number of nitrogens with one attached hydrogen (secondary N) is 1. The number of carbonyl (C=O) groups is 1. The lowest BCUT2D eigenvalue weighted by atomic mass is 9.87. The lowest BCUT2D eigenvalue weighted by molar-refractivity contribution is -0.124. The van der Waals surface area contributed by atoms with Gasteiger partial charge in [0.25, 0.3) is 0 Å². The molecule has 0 aromatic heterocycles. The zero-order valence-electron chi connectivity index (χ0n) is 14.4. The molecule has 0 saturated heterocycles. The summed E-state index contributed by atoms with van der Waals surface area (Å²) in [7, 11) is 0. The first-order chi connectivity index (χ1) is 10.5. The van der Waals surface area contributed by atoms with Gasteiger partial charge in [-0.05, 0) is 56.4 Å². The number of rotatable bonds is 6. The Kier molecular flexibility index (Phi) is 5.49. The van der Waals surface area contributed by atoms with Crippen LogP contribution < -0.4 is 10.1 Å². The van der Waals surface area contributed by atoms with Crippen LogP contribution in [0.15, 0.2) is 12.1 Å². The van der Waals surface area contributed by atoms with Crippen molar-refractivity contribution in [2.45, 2.75) is 66.2 Å². The lowest BCUT2D eigenvalue weighted by Gasteiger charge is -2.23. The highest BCUT2D eigenvalue weighted by Crippen LogP contribution is 2.38. The smallest absolute Gasteiger partial charge is 0.230 e. The summed E-state index contributed by atoms with van der Waals surface area (Å²) < 4.78 is 5.87. The minimum atomic E-state index is -0.196. The number of anilines is 1. The van der Waals surface area contributed by atoms with Gasteiger partial charge in [-0.25, -0.2) is 0 Å². The number of hydrogen-bond donors (Lipinski definition) is 1. The SMILES string of the molecule is CCCCOc1c(C)cc(NC(=O)C2(C)CCCC2)cc1C. The van der Waals surface area contributed by atoms with Crippen LogP contribution in [0, 0.1) is 19.3 Å². The summed E-state index contributed by atoms with van der Waals surface area (Å²) in [6.07, 6.45) is 6.50. The van der Waals surface area contributed by atoms with Crippen LogP contribution in [0.3, 0.4) is 0 Å². The van der Waals surface area contributed by atoms with Gasteiger partial charge in [-0.15, -0.1) is 0 Å². The van der Waals surface area contributed by atoms with E-state index >= 15 is 0 Å². The summed E-state index contributed by atoms with van der Waals surface area (Å²) in [5, 5.41) is 3.11. The molecule has 22 heavy (non-hydrogen) atoms. The van der Waals surface area contributed by atoms with E-state index in [1.54, 1.807) is 0 Å². The van der Waals surface area contributed by atoms with Crippen molar-refractivity contribution in [2.24, 2.45) is 5.41 Å². The van der Waals surface area contributed by atoms with Gasteiger partial charge < -0.3 is 10.1 Å². The Labute approximate surface area is 134 Å². The van der Waals surface area contributed by atoms with Gasteiger partial charge in [-0.2, -0.15) is 0 Å². The average Bonchev–Trinajstić information content (AvgIpc) is 2.90. The maximum absolute atomic E-state index is 12.5. The van der Waals surface area contributed by atoms with Crippen molar-refractivity contribution in [3.05, 3.63) is 23.3 Å². The van der Waals surface area contributed by atoms with Crippen LogP contribution in [0.25, 0.3) is 0 Å². The van der Waals surface area contributed by atoms with Crippen LogP contribution in [-0.2, 0) is 4.79 Å². The molecule has 1 N–H and O–H groups in total. The van der Waals surface area contributed by atoms with E-state index in [0.29, 0.717) is 0 Å². The minimum absolute atomic E-state index is 0.156. The fourth-order valence-corrected chi connectivity index (χ4v) is 3.23. The van der Waals surface area contributed by atoms with Crippen LogP contribution >= 0.6 is 0 Å². The molecular weight excluding hydrogens is 274 g/mol. The van der Waals surface area contributed by atoms with Gasteiger partial charge in [0.15, 0.2) is 0 Å². The van der Waals surface area contributed by atoms with Crippen molar-refractivity contribution in [1.82, 2.24) is 0 Å². The molecule has 122 valence electrons. The molecule has 1 amide bonds. The predicted molar refractivity (Wildman–Crippen MR) is 91.5 cm³/mol. The molecule has 0 spiro atoms. The van der Waals surface area contributed by atoms with Crippen molar-refractivity contribution < 1.29 is 9.53 Å². The maximum atomic E-state index is 12.5. The molecule has 3 nitrogen and oxygen atoms in total. The van der Waals surface area contributed by atoms with Crippen LogP contribution in [0.2, 0.25) is 0 Å². The van der Waals surface area contributed by atoms with E-state index in [0.717, 1.165) is 67.7 Å². The van der Waals surface area contributed by atoms with Gasteiger partial charge in [0.05, 0.1) is 6.61 Å². The highest BCUT2D eigenvalue weighted by Gasteiger charge is 2.36. The van der Waals surface area contributed by atoms with E-state index in [9.17, 15) is 4.79 Å². The molecular formula is C19H29NO2. The molecule has 0 atom stereocenters. The largest absolute Gasteiger partial charge is 0.493 e. The van der Waals surface area contributed by atoms with Crippen LogP contribution in [0.5, 0.6) is 5.75 Å². The molecule has 0 heterocycles. The number of benzene rings is 1. The molecule has 1 aromatic rings. The second-order valence-electron chi connectivity index (χ2n) is 6.86. The van der Waals surface area contributed by atoms with Crippen LogP contribution in [0.1, 0.15) is 63.5 Å². The van der Waals surface area contributed by atoms with Gasteiger partial charge in [0.2, 0.25) is 5.91 Å². The Morgan fingerprint density at radius 2 is 1.82 bits per heavy atom. The van der Waals surface area contributed by atoms with Crippen molar-refractivity contribution >= 4 is 11.6 Å². The molecule has 0 bridgehead atoms. The Morgan fingerprint density at radius 1 is 1.23 bits per heavy atom. The molecule has 1 aromatic carbocycles. The third-order valence-corrected chi connectivity index (χ3v) is 4.72. The Balaban J connectivity index is 2.08. The molecule has 3 heteroatoms. The second kappa shape index (κ2) is 7.17. The first-order valence-electron chi connectivity index (χ1n) is 8.52. The number of amides is 1. The molecule has 1 aliphatic rings. The Morgan fingerprint density at radius 3 is 2.36 bits per heavy atom. The van der Waals surface area contributed by atoms with E-state index in [4.69, 9.17) is 4.74 Å². The fraction of sp³-hybridized carbons (Fsp3) is 0.632. The summed E-state index contributed by atoms with van der Waals surface area (Å²) in [4.78, 5) is 12.5. The molecule has 0 aliphatic heterocycles. The second-order valence-corrected chi connectivity index (χ2v) is 6.86. The Bertz CT molecular complexity index is 507. The number of carbonyl (C=O) groups excluding carboxylic acids is 1. The van der Waals surface area contributed by atoms with E-state index in [1.807, 2.05) is 26.0 Å². The fourth-order valence-electron chi connectivity index (χ4n) is 3.23. The quantitative estimate of drug-likeness (QED) is 0.751. The summed E-state index contributed by atoms with van der Waals surface area (Å²) in [5.41, 5.74) is 2.86. The van der Waals surface area contributed by atoms with Gasteiger partial charge >= 0.3 is 0 Å². The Hall–Kier alpha value is -1.51. The first-order valence-corrected chi connectivity index (χ1v) is 8.52. The number of aryl methyl sites for hydroxylation is 2. The number of ether oxygens (including phenoxy) is 1. The highest BCUT2D eigenvalue weighted by molar-refractivity contribution is 5.95. The summed E-state index contributed by atoms with van der Waals surface area (Å²) in [6.45, 7) is 9.08. The number of hydrogen-bond acceptors (Lipinski definition) is 2. The maximum Gasteiger partial charge on any atom is 0.230 e. The van der Waals surface area contributed by atoms with Gasteiger partial charge in [-0.1, -0.05) is 33.1 Å². The topological polar surface area (TPSA) is 38.3 Å². The third-order valence-electron chi connectivity index (χ3n) is 4.72. The van der Waals surface area contributed by atoms with E-state index in [-0.39, 0.29) is 11.3 Å². The van der Waals surface area contributed by atoms with E-state index in [2.05, 4.69) is 19.2 Å². The zero-order chi connectivity index (χ0) is 16.2. The van der Waals surface area contributed by atoms with Crippen molar-refractivity contribution in [3.8, 4) is 5.75 Å². The monoisotopic (exact) mass is 303 g/mol. The van der Waals surface area contributed by atoms with Crippen molar-refractivity contribution in [2.75, 3.05) is 11.9 Å². The van der Waals surface area contributed by atoms with Crippen LogP contribution in [0.4, 0.5) is 5.69 Å². The first kappa shape index (κ1) is 16.9. The highest BCUT2D eigenvalue weighted by atomic mass is 16.5. The van der Waals surface area contributed by atoms with Crippen molar-refractivity contribution in [1.29, 1.82) is 0 Å². The third kappa shape index (κ3) is 3.82. The van der Waals surface area contributed by atoms with Gasteiger partial charge in [0.1, 0.15) is 5.75 Å². The summed E-state index contributed by atoms with van der Waals surface area (Å²) in [5.74, 6) is 1.11. The minimum Gasteiger partial charge on any atom is -0.493 e. The van der Waals surface area contributed by atoms with Gasteiger partial charge in [-0.3, -0.25) is 4.79 Å². The standard InChI is InChI=1S/C19H29NO2/c1-5-6-11-22-17-14(2)12-16(13-15(17)3)20-18(21)19(4)9-7-8-10-19/h12-13H,5-11H2,1-4H3,(H,20,21). The van der Waals surface area contributed by atoms with Gasteiger partial charge in [0, 0.05) is 11.1 Å². The molecule has 1 aliphatic carbocycles. The van der Waals surface area contributed by atoms with Crippen molar-refractivity contribution in [3.63, 3.8) is 0 Å². The van der Waals surface area contributed by atoms with Crippen LogP contribution in [-0.4, -0.2) is 12.5 Å². The summed E-state index contributed by atoms with van der Waals surface area (Å²) in [6, 6.07) is 4.04. The number of unbranched alkanes of at least 4 members (excludes halogenated alkanes) is 1. The summed E-state index contributed by atoms with van der Waals surface area (Å²) >= 11 is 0. The lowest BCUT2D eigenvalue weighted by Crippen LogP contribution is -2.30. The molecule has 2 rings (SSSR count). The molecule has 1 fully saturated rings. The van der Waals surface area contributed by atoms with E-state index < -0.39 is 0 Å².